The normalized spacial score (nSPS) is 16.8. The van der Waals surface area contributed by atoms with Gasteiger partial charge in [-0.25, -0.2) is 4.98 Å². The fraction of sp³-hybridized carbons (Fsp3) is 0.526. The Morgan fingerprint density at radius 3 is 3.00 bits per heavy atom. The van der Waals surface area contributed by atoms with Gasteiger partial charge in [-0.05, 0) is 43.9 Å². The average Bonchev–Trinajstić information content (AvgIpc) is 3.28. The Balaban J connectivity index is 0.00000280. The van der Waals surface area contributed by atoms with Gasteiger partial charge in [-0.1, -0.05) is 11.6 Å². The molecule has 28 heavy (non-hydrogen) atoms. The van der Waals surface area contributed by atoms with E-state index in [4.69, 9.17) is 16.6 Å². The number of rotatable bonds is 7. The van der Waals surface area contributed by atoms with E-state index in [1.54, 1.807) is 6.20 Å². The molecule has 0 bridgehead atoms. The number of hydrogen-bond donors (Lipinski definition) is 2. The topological polar surface area (TPSA) is 70.4 Å². The minimum Gasteiger partial charge on any atom is -0.357 e. The first-order chi connectivity index (χ1) is 13.2. The Morgan fingerprint density at radius 2 is 2.29 bits per heavy atom. The second-order valence-electron chi connectivity index (χ2n) is 6.77. The lowest BCUT2D eigenvalue weighted by atomic mass is 10.2. The molecule has 0 aliphatic carbocycles. The SMILES string of the molecule is CCNC(=NCCCc1cnn(C)c1)NC1CCN(c2ncccc2Cl)C1.I. The van der Waals surface area contributed by atoms with Crippen LogP contribution in [0.2, 0.25) is 5.02 Å². The highest BCUT2D eigenvalue weighted by atomic mass is 127. The number of halogens is 2. The predicted molar refractivity (Wildman–Crippen MR) is 126 cm³/mol. The van der Waals surface area contributed by atoms with Crippen LogP contribution in [0.15, 0.2) is 35.7 Å². The molecule has 0 amide bonds. The van der Waals surface area contributed by atoms with Crippen LogP contribution in [0, 0.1) is 0 Å². The van der Waals surface area contributed by atoms with Gasteiger partial charge >= 0.3 is 0 Å². The van der Waals surface area contributed by atoms with Gasteiger partial charge in [0.25, 0.3) is 0 Å². The van der Waals surface area contributed by atoms with Crippen LogP contribution in [0.25, 0.3) is 0 Å². The van der Waals surface area contributed by atoms with Crippen molar-refractivity contribution in [2.75, 3.05) is 31.1 Å². The van der Waals surface area contributed by atoms with E-state index in [2.05, 4.69) is 38.7 Å². The lowest BCUT2D eigenvalue weighted by Gasteiger charge is -2.20. The number of nitrogens with one attached hydrogen (secondary N) is 2. The van der Waals surface area contributed by atoms with E-state index in [1.165, 1.54) is 5.56 Å². The molecule has 1 aliphatic rings. The van der Waals surface area contributed by atoms with Crippen LogP contribution in [0.1, 0.15) is 25.3 Å². The van der Waals surface area contributed by atoms with E-state index in [-0.39, 0.29) is 24.0 Å². The quantitative estimate of drug-likeness (QED) is 0.256. The van der Waals surface area contributed by atoms with Gasteiger partial charge in [0.2, 0.25) is 0 Å². The molecule has 1 unspecified atom stereocenters. The molecule has 154 valence electrons. The number of hydrogen-bond acceptors (Lipinski definition) is 4. The summed E-state index contributed by atoms with van der Waals surface area (Å²) >= 11 is 6.28. The van der Waals surface area contributed by atoms with Crippen LogP contribution in [0.5, 0.6) is 0 Å². The Hall–Kier alpha value is -1.55. The lowest BCUT2D eigenvalue weighted by Crippen LogP contribution is -2.44. The van der Waals surface area contributed by atoms with E-state index in [0.29, 0.717) is 11.1 Å². The fourth-order valence-electron chi connectivity index (χ4n) is 3.27. The summed E-state index contributed by atoms with van der Waals surface area (Å²) < 4.78 is 1.84. The molecule has 2 aromatic rings. The Bertz CT molecular complexity index is 764. The zero-order valence-electron chi connectivity index (χ0n) is 16.4. The van der Waals surface area contributed by atoms with Crippen molar-refractivity contribution < 1.29 is 0 Å². The van der Waals surface area contributed by atoms with Gasteiger partial charge in [-0.15, -0.1) is 24.0 Å². The second kappa shape index (κ2) is 11.5. The van der Waals surface area contributed by atoms with Crippen molar-refractivity contribution in [3.63, 3.8) is 0 Å². The molecule has 1 saturated heterocycles. The third kappa shape index (κ3) is 6.51. The first kappa shape index (κ1) is 22.7. The third-order valence-corrected chi connectivity index (χ3v) is 4.86. The van der Waals surface area contributed by atoms with Crippen LogP contribution < -0.4 is 15.5 Å². The molecule has 1 aliphatic heterocycles. The molecule has 1 fully saturated rings. The number of pyridine rings is 1. The molecule has 0 spiro atoms. The summed E-state index contributed by atoms with van der Waals surface area (Å²) in [6.45, 7) is 5.52. The molecular weight excluding hydrogens is 489 g/mol. The molecule has 2 aromatic heterocycles. The Morgan fingerprint density at radius 1 is 1.43 bits per heavy atom. The number of nitrogens with zero attached hydrogens (tertiary/aromatic N) is 5. The summed E-state index contributed by atoms with van der Waals surface area (Å²) in [7, 11) is 1.94. The maximum Gasteiger partial charge on any atom is 0.191 e. The van der Waals surface area contributed by atoms with Crippen molar-refractivity contribution in [3.05, 3.63) is 41.3 Å². The van der Waals surface area contributed by atoms with Gasteiger partial charge < -0.3 is 15.5 Å². The number of anilines is 1. The maximum absolute atomic E-state index is 6.28. The van der Waals surface area contributed by atoms with Crippen molar-refractivity contribution in [1.82, 2.24) is 25.4 Å². The van der Waals surface area contributed by atoms with E-state index in [0.717, 1.165) is 57.2 Å². The molecule has 3 rings (SSSR count). The summed E-state index contributed by atoms with van der Waals surface area (Å²) in [5.41, 5.74) is 1.25. The summed E-state index contributed by atoms with van der Waals surface area (Å²) in [6, 6.07) is 4.08. The smallest absolute Gasteiger partial charge is 0.191 e. The number of guanidine groups is 1. The van der Waals surface area contributed by atoms with Crippen molar-refractivity contribution in [1.29, 1.82) is 0 Å². The highest BCUT2D eigenvalue weighted by molar-refractivity contribution is 14.0. The molecule has 1 atom stereocenters. The molecule has 0 saturated carbocycles. The van der Waals surface area contributed by atoms with Crippen LogP contribution in [0.3, 0.4) is 0 Å². The molecule has 7 nitrogen and oxygen atoms in total. The van der Waals surface area contributed by atoms with Crippen LogP contribution >= 0.6 is 35.6 Å². The van der Waals surface area contributed by atoms with Crippen LogP contribution in [-0.4, -0.2) is 52.9 Å². The van der Waals surface area contributed by atoms with Gasteiger partial charge in [0.05, 0.1) is 11.2 Å². The third-order valence-electron chi connectivity index (χ3n) is 4.56. The Kier molecular flexibility index (Phi) is 9.30. The zero-order chi connectivity index (χ0) is 19.1. The average molecular weight is 518 g/mol. The van der Waals surface area contributed by atoms with Crippen LogP contribution in [-0.2, 0) is 13.5 Å². The van der Waals surface area contributed by atoms with Gasteiger partial charge in [0.15, 0.2) is 5.96 Å². The maximum atomic E-state index is 6.28. The van der Waals surface area contributed by atoms with Gasteiger partial charge in [0.1, 0.15) is 5.82 Å². The predicted octanol–water partition coefficient (Wildman–Crippen LogP) is 2.85. The monoisotopic (exact) mass is 517 g/mol. The summed E-state index contributed by atoms with van der Waals surface area (Å²) in [5, 5.41) is 11.8. The second-order valence-corrected chi connectivity index (χ2v) is 7.18. The molecule has 9 heteroatoms. The van der Waals surface area contributed by atoms with Crippen LogP contribution in [0.4, 0.5) is 5.82 Å². The minimum atomic E-state index is 0. The lowest BCUT2D eigenvalue weighted by molar-refractivity contribution is 0.647. The van der Waals surface area contributed by atoms with E-state index in [1.807, 2.05) is 30.1 Å². The largest absolute Gasteiger partial charge is 0.357 e. The zero-order valence-corrected chi connectivity index (χ0v) is 19.5. The van der Waals surface area contributed by atoms with Crippen molar-refractivity contribution in [2.24, 2.45) is 12.0 Å². The summed E-state index contributed by atoms with van der Waals surface area (Å²) in [5.74, 6) is 1.74. The molecule has 2 N–H and O–H groups in total. The van der Waals surface area contributed by atoms with Gasteiger partial charge in [-0.2, -0.15) is 5.10 Å². The number of aliphatic imine (C=N–C) groups is 1. The molecular formula is C19H29ClIN7. The Labute approximate surface area is 189 Å². The van der Waals surface area contributed by atoms with Crippen molar-refractivity contribution in [2.45, 2.75) is 32.2 Å². The first-order valence-corrected chi connectivity index (χ1v) is 9.91. The molecule has 0 aromatic carbocycles. The highest BCUT2D eigenvalue weighted by Crippen LogP contribution is 2.25. The number of aromatic nitrogens is 3. The minimum absolute atomic E-state index is 0. The molecule has 0 radical (unpaired) electrons. The fourth-order valence-corrected chi connectivity index (χ4v) is 3.51. The first-order valence-electron chi connectivity index (χ1n) is 9.53. The van der Waals surface area contributed by atoms with E-state index < -0.39 is 0 Å². The standard InChI is InChI=1S/C19H28ClN7.HI/c1-3-21-19(23-10-4-6-15-12-24-26(2)13-15)25-16-8-11-27(14-16)18-17(20)7-5-9-22-18;/h5,7,9,12-13,16H,3-4,6,8,10-11,14H2,1-2H3,(H2,21,23,25);1H. The summed E-state index contributed by atoms with van der Waals surface area (Å²) in [6.07, 6.45) is 8.80. The van der Waals surface area contributed by atoms with Gasteiger partial charge in [0, 0.05) is 51.7 Å². The van der Waals surface area contributed by atoms with E-state index >= 15 is 0 Å². The molecule has 3 heterocycles. The van der Waals surface area contributed by atoms with Gasteiger partial charge in [-0.3, -0.25) is 9.67 Å². The highest BCUT2D eigenvalue weighted by Gasteiger charge is 2.25. The van der Waals surface area contributed by atoms with Crippen molar-refractivity contribution in [3.8, 4) is 0 Å². The number of aryl methyl sites for hydroxylation is 2. The summed E-state index contributed by atoms with van der Waals surface area (Å²) in [4.78, 5) is 11.4. The van der Waals surface area contributed by atoms with E-state index in [9.17, 15) is 0 Å². The van der Waals surface area contributed by atoms with Crippen molar-refractivity contribution >= 4 is 47.4 Å².